The molecule has 98 valence electrons. The second-order valence-corrected chi connectivity index (χ2v) is 4.34. The highest BCUT2D eigenvalue weighted by Gasteiger charge is 2.14. The second kappa shape index (κ2) is 6.25. The van der Waals surface area contributed by atoms with E-state index in [2.05, 4.69) is 0 Å². The van der Waals surface area contributed by atoms with E-state index >= 15 is 0 Å². The lowest BCUT2D eigenvalue weighted by molar-refractivity contribution is 0.0469. The fourth-order valence-electron chi connectivity index (χ4n) is 1.64. The van der Waals surface area contributed by atoms with Crippen LogP contribution in [-0.2, 0) is 11.3 Å². The average Bonchev–Trinajstić information content (AvgIpc) is 2.46. The first-order valence-electron chi connectivity index (χ1n) is 5.75. The van der Waals surface area contributed by atoms with Gasteiger partial charge in [0, 0.05) is 5.02 Å². The number of hydrogen-bond acceptors (Lipinski definition) is 3. The van der Waals surface area contributed by atoms with E-state index in [1.165, 1.54) is 13.2 Å². The lowest BCUT2D eigenvalue weighted by atomic mass is 10.2. The molecule has 0 bridgehead atoms. The minimum atomic E-state index is -0.455. The molecule has 0 aliphatic carbocycles. The first-order valence-corrected chi connectivity index (χ1v) is 6.13. The number of carbonyl (C=O) groups is 1. The molecule has 0 aromatic heterocycles. The Morgan fingerprint density at radius 3 is 2.58 bits per heavy atom. The minimum absolute atomic E-state index is 0.218. The van der Waals surface area contributed by atoms with Gasteiger partial charge in [0.1, 0.15) is 17.9 Å². The number of ether oxygens (including phenoxy) is 2. The largest absolute Gasteiger partial charge is 0.496 e. The van der Waals surface area contributed by atoms with Gasteiger partial charge in [0.2, 0.25) is 0 Å². The van der Waals surface area contributed by atoms with E-state index in [1.54, 1.807) is 12.1 Å². The van der Waals surface area contributed by atoms with Gasteiger partial charge in [-0.2, -0.15) is 0 Å². The number of hydrogen-bond donors (Lipinski definition) is 0. The molecule has 0 aliphatic rings. The predicted molar refractivity (Wildman–Crippen MR) is 73.6 cm³/mol. The van der Waals surface area contributed by atoms with E-state index < -0.39 is 5.97 Å². The van der Waals surface area contributed by atoms with Crippen molar-refractivity contribution >= 4 is 17.6 Å². The summed E-state index contributed by atoms with van der Waals surface area (Å²) in [5.41, 5.74) is 1.25. The summed E-state index contributed by atoms with van der Waals surface area (Å²) in [6.07, 6.45) is 0. The third kappa shape index (κ3) is 3.48. The molecule has 0 heterocycles. The molecule has 2 aromatic rings. The highest BCUT2D eigenvalue weighted by atomic mass is 35.5. The predicted octanol–water partition coefficient (Wildman–Crippen LogP) is 3.71. The van der Waals surface area contributed by atoms with Crippen LogP contribution in [-0.4, -0.2) is 13.1 Å². The highest BCUT2D eigenvalue weighted by Crippen LogP contribution is 2.23. The summed E-state index contributed by atoms with van der Waals surface area (Å²) in [6, 6.07) is 14.3. The van der Waals surface area contributed by atoms with E-state index in [0.29, 0.717) is 16.3 Å². The lowest BCUT2D eigenvalue weighted by Crippen LogP contribution is -2.07. The maximum Gasteiger partial charge on any atom is 0.342 e. The zero-order valence-electron chi connectivity index (χ0n) is 10.4. The van der Waals surface area contributed by atoms with Crippen LogP contribution in [0.1, 0.15) is 15.9 Å². The van der Waals surface area contributed by atoms with Gasteiger partial charge < -0.3 is 9.47 Å². The third-order valence-corrected chi connectivity index (χ3v) is 2.83. The van der Waals surface area contributed by atoms with Crippen molar-refractivity contribution < 1.29 is 14.3 Å². The molecule has 19 heavy (non-hydrogen) atoms. The van der Waals surface area contributed by atoms with E-state index in [4.69, 9.17) is 21.1 Å². The van der Waals surface area contributed by atoms with E-state index in [-0.39, 0.29) is 6.61 Å². The topological polar surface area (TPSA) is 35.5 Å². The van der Waals surface area contributed by atoms with Gasteiger partial charge >= 0.3 is 5.97 Å². The summed E-state index contributed by atoms with van der Waals surface area (Å²) < 4.78 is 10.3. The number of rotatable bonds is 4. The maximum absolute atomic E-state index is 12.0. The van der Waals surface area contributed by atoms with E-state index in [1.807, 2.05) is 30.3 Å². The lowest BCUT2D eigenvalue weighted by Gasteiger charge is -2.09. The van der Waals surface area contributed by atoms with Crippen LogP contribution < -0.4 is 4.74 Å². The monoisotopic (exact) mass is 276 g/mol. The van der Waals surface area contributed by atoms with Crippen molar-refractivity contribution in [2.45, 2.75) is 6.61 Å². The molecule has 0 saturated heterocycles. The molecule has 0 fully saturated rings. The molecule has 0 radical (unpaired) electrons. The van der Waals surface area contributed by atoms with Gasteiger partial charge in [-0.05, 0) is 23.8 Å². The van der Waals surface area contributed by atoms with E-state index in [0.717, 1.165) is 5.56 Å². The summed E-state index contributed by atoms with van der Waals surface area (Å²) in [6.45, 7) is 0.218. The highest BCUT2D eigenvalue weighted by molar-refractivity contribution is 6.31. The van der Waals surface area contributed by atoms with Crippen molar-refractivity contribution in [2.24, 2.45) is 0 Å². The Bertz CT molecular complexity index is 567. The van der Waals surface area contributed by atoms with Crippen molar-refractivity contribution in [2.75, 3.05) is 7.11 Å². The normalized spacial score (nSPS) is 10.0. The molecular formula is C15H13ClO3. The number of carbonyl (C=O) groups excluding carboxylic acids is 1. The van der Waals surface area contributed by atoms with Gasteiger partial charge in [-0.15, -0.1) is 0 Å². The Morgan fingerprint density at radius 2 is 1.89 bits per heavy atom. The Labute approximate surface area is 116 Å². The summed E-state index contributed by atoms with van der Waals surface area (Å²) in [7, 11) is 1.50. The molecule has 0 unspecified atom stereocenters. The van der Waals surface area contributed by atoms with Crippen LogP contribution in [0, 0.1) is 0 Å². The van der Waals surface area contributed by atoms with Crippen LogP contribution >= 0.6 is 11.6 Å². The van der Waals surface area contributed by atoms with Gasteiger partial charge in [-0.1, -0.05) is 41.9 Å². The van der Waals surface area contributed by atoms with Crippen molar-refractivity contribution in [3.8, 4) is 5.75 Å². The molecule has 0 amide bonds. The van der Waals surface area contributed by atoms with Crippen LogP contribution in [0.25, 0.3) is 0 Å². The van der Waals surface area contributed by atoms with Crippen LogP contribution in [0.2, 0.25) is 5.02 Å². The molecule has 2 aromatic carbocycles. The molecule has 0 atom stereocenters. The molecule has 3 nitrogen and oxygen atoms in total. The molecular weight excluding hydrogens is 264 g/mol. The minimum Gasteiger partial charge on any atom is -0.496 e. The molecule has 4 heteroatoms. The standard InChI is InChI=1S/C15H13ClO3/c1-18-14-8-7-12(16)9-13(14)15(17)19-10-11-5-3-2-4-6-11/h2-9H,10H2,1H3. The molecule has 0 aliphatic heterocycles. The quantitative estimate of drug-likeness (QED) is 0.799. The van der Waals surface area contributed by atoms with Crippen molar-refractivity contribution in [3.63, 3.8) is 0 Å². The van der Waals surface area contributed by atoms with Gasteiger partial charge in [0.05, 0.1) is 7.11 Å². The Morgan fingerprint density at radius 1 is 1.16 bits per heavy atom. The van der Waals surface area contributed by atoms with E-state index in [9.17, 15) is 4.79 Å². The molecule has 2 rings (SSSR count). The number of benzene rings is 2. The van der Waals surface area contributed by atoms with Gasteiger partial charge in [0.25, 0.3) is 0 Å². The first-order chi connectivity index (χ1) is 9.20. The van der Waals surface area contributed by atoms with Gasteiger partial charge in [0.15, 0.2) is 0 Å². The van der Waals surface area contributed by atoms with Crippen LogP contribution in [0.5, 0.6) is 5.75 Å². The van der Waals surface area contributed by atoms with Gasteiger partial charge in [-0.25, -0.2) is 4.79 Å². The zero-order valence-corrected chi connectivity index (χ0v) is 11.2. The third-order valence-electron chi connectivity index (χ3n) is 2.59. The summed E-state index contributed by atoms with van der Waals surface area (Å²) >= 11 is 5.87. The van der Waals surface area contributed by atoms with Crippen LogP contribution in [0.4, 0.5) is 0 Å². The molecule has 0 spiro atoms. The van der Waals surface area contributed by atoms with Crippen molar-refractivity contribution in [1.82, 2.24) is 0 Å². The average molecular weight is 277 g/mol. The SMILES string of the molecule is COc1ccc(Cl)cc1C(=O)OCc1ccccc1. The Hall–Kier alpha value is -2.00. The Balaban J connectivity index is 2.10. The van der Waals surface area contributed by atoms with Crippen LogP contribution in [0.3, 0.4) is 0 Å². The smallest absolute Gasteiger partial charge is 0.342 e. The van der Waals surface area contributed by atoms with Crippen molar-refractivity contribution in [1.29, 1.82) is 0 Å². The summed E-state index contributed by atoms with van der Waals surface area (Å²) in [5.74, 6) is -0.00864. The fraction of sp³-hybridized carbons (Fsp3) is 0.133. The number of halogens is 1. The molecule has 0 saturated carbocycles. The summed E-state index contributed by atoms with van der Waals surface area (Å²) in [5, 5.41) is 0.465. The molecule has 0 N–H and O–H groups in total. The number of esters is 1. The first kappa shape index (κ1) is 13.4. The van der Waals surface area contributed by atoms with Crippen molar-refractivity contribution in [3.05, 3.63) is 64.7 Å². The maximum atomic E-state index is 12.0. The summed E-state index contributed by atoms with van der Waals surface area (Å²) in [4.78, 5) is 12.0. The second-order valence-electron chi connectivity index (χ2n) is 3.91. The number of methoxy groups -OCH3 is 1. The van der Waals surface area contributed by atoms with Gasteiger partial charge in [-0.3, -0.25) is 0 Å². The Kier molecular flexibility index (Phi) is 4.42. The fourth-order valence-corrected chi connectivity index (χ4v) is 1.81. The zero-order chi connectivity index (χ0) is 13.7. The van der Waals surface area contributed by atoms with Crippen LogP contribution in [0.15, 0.2) is 48.5 Å².